The smallest absolute Gasteiger partial charge is 0.285 e. The number of nitrogens with zero attached hydrogens (tertiary/aromatic N) is 5. The van der Waals surface area contributed by atoms with Gasteiger partial charge in [0, 0.05) is 6.07 Å². The summed E-state index contributed by atoms with van der Waals surface area (Å²) in [6.07, 6.45) is 0.530. The first-order valence-electron chi connectivity index (χ1n) is 7.15. The summed E-state index contributed by atoms with van der Waals surface area (Å²) in [6, 6.07) is 12.8. The third-order valence-electron chi connectivity index (χ3n) is 3.55. The van der Waals surface area contributed by atoms with Crippen molar-refractivity contribution in [1.82, 2.24) is 35.4 Å². The van der Waals surface area contributed by atoms with E-state index in [1.54, 1.807) is 6.07 Å². The van der Waals surface area contributed by atoms with E-state index in [-0.39, 0.29) is 17.3 Å². The van der Waals surface area contributed by atoms with Gasteiger partial charge in [-0.3, -0.25) is 9.59 Å². The number of H-pyrrole nitrogens is 2. The largest absolute Gasteiger partial charge is 0.305 e. The molecule has 9 heteroatoms. The Hall–Kier alpha value is -3.62. The summed E-state index contributed by atoms with van der Waals surface area (Å²) < 4.78 is 1.02. The fourth-order valence-corrected chi connectivity index (χ4v) is 2.51. The van der Waals surface area contributed by atoms with Gasteiger partial charge in [-0.25, -0.2) is 5.10 Å². The zero-order chi connectivity index (χ0) is 16.5. The number of hydrogen-bond donors (Lipinski definition) is 2. The van der Waals surface area contributed by atoms with Gasteiger partial charge in [0.2, 0.25) is 5.56 Å². The topological polar surface area (TPSA) is 122 Å². The lowest BCUT2D eigenvalue weighted by molar-refractivity contribution is 0.787. The fraction of sp³-hybridized carbons (Fsp3) is 0.0667. The number of rotatable bonds is 3. The van der Waals surface area contributed by atoms with Gasteiger partial charge in [0.25, 0.3) is 11.5 Å². The minimum Gasteiger partial charge on any atom is -0.305 e. The maximum absolute atomic E-state index is 12.5. The van der Waals surface area contributed by atoms with Gasteiger partial charge in [0.15, 0.2) is 5.82 Å². The first kappa shape index (κ1) is 14.0. The molecule has 9 nitrogen and oxygen atoms in total. The molecule has 2 aliphatic heterocycles. The zero-order valence-corrected chi connectivity index (χ0v) is 12.3. The molecule has 0 amide bonds. The van der Waals surface area contributed by atoms with E-state index in [0.29, 0.717) is 17.5 Å². The molecular formula is C15H11N7O2. The molecule has 0 spiro atoms. The second-order valence-corrected chi connectivity index (χ2v) is 5.22. The van der Waals surface area contributed by atoms with Crippen molar-refractivity contribution in [2.75, 3.05) is 0 Å². The van der Waals surface area contributed by atoms with Crippen molar-refractivity contribution in [3.63, 3.8) is 0 Å². The van der Waals surface area contributed by atoms with E-state index >= 15 is 0 Å². The van der Waals surface area contributed by atoms with Gasteiger partial charge in [-0.15, -0.1) is 5.10 Å². The molecule has 1 aromatic heterocycles. The van der Waals surface area contributed by atoms with Crippen LogP contribution in [0.5, 0.6) is 0 Å². The van der Waals surface area contributed by atoms with Crippen LogP contribution in [0.25, 0.3) is 17.3 Å². The Kier molecular flexibility index (Phi) is 3.23. The summed E-state index contributed by atoms with van der Waals surface area (Å²) >= 11 is 0. The molecule has 1 aromatic carbocycles. The fourth-order valence-electron chi connectivity index (χ4n) is 2.51. The lowest BCUT2D eigenvalue weighted by Crippen LogP contribution is -2.15. The molecule has 2 aromatic rings. The van der Waals surface area contributed by atoms with Crippen LogP contribution in [-0.2, 0) is 6.42 Å². The van der Waals surface area contributed by atoms with Gasteiger partial charge in [-0.1, -0.05) is 35.4 Å². The van der Waals surface area contributed by atoms with E-state index in [2.05, 4.69) is 30.7 Å². The zero-order valence-electron chi connectivity index (χ0n) is 12.3. The highest BCUT2D eigenvalue weighted by Crippen LogP contribution is 2.15. The van der Waals surface area contributed by atoms with E-state index < -0.39 is 5.56 Å². The minimum absolute atomic E-state index is 0.0873. The van der Waals surface area contributed by atoms with Crippen molar-refractivity contribution in [1.29, 1.82) is 0 Å². The van der Waals surface area contributed by atoms with Crippen molar-refractivity contribution in [3.05, 3.63) is 74.3 Å². The lowest BCUT2D eigenvalue weighted by Gasteiger charge is -1.98. The van der Waals surface area contributed by atoms with Crippen molar-refractivity contribution >= 4 is 0 Å². The molecule has 0 fully saturated rings. The van der Waals surface area contributed by atoms with Crippen LogP contribution in [0.3, 0.4) is 0 Å². The van der Waals surface area contributed by atoms with Gasteiger partial charge in [0.1, 0.15) is 0 Å². The van der Waals surface area contributed by atoms with E-state index in [1.165, 1.54) is 6.07 Å². The van der Waals surface area contributed by atoms with Gasteiger partial charge >= 0.3 is 0 Å². The Morgan fingerprint density at radius 2 is 1.88 bits per heavy atom. The summed E-state index contributed by atoms with van der Waals surface area (Å²) in [5, 5.41) is 17.1. The Bertz CT molecular complexity index is 1070. The number of tetrazole rings is 1. The third-order valence-corrected chi connectivity index (χ3v) is 3.55. The number of benzene rings is 1. The molecule has 3 heterocycles. The van der Waals surface area contributed by atoms with E-state index in [4.69, 9.17) is 0 Å². The Morgan fingerprint density at radius 3 is 2.62 bits per heavy atom. The number of hydrogen-bond acceptors (Lipinski definition) is 6. The Morgan fingerprint density at radius 1 is 1.04 bits per heavy atom. The third kappa shape index (κ3) is 2.47. The molecule has 2 aliphatic rings. The summed E-state index contributed by atoms with van der Waals surface area (Å²) in [5.41, 5.74) is 1.29. The number of aromatic amines is 2. The van der Waals surface area contributed by atoms with E-state index in [1.807, 2.05) is 30.3 Å². The monoisotopic (exact) mass is 321 g/mol. The molecule has 0 unspecified atom stereocenters. The van der Waals surface area contributed by atoms with Crippen molar-refractivity contribution < 1.29 is 0 Å². The number of nitrogens with one attached hydrogen (secondary N) is 2. The molecule has 0 atom stereocenters. The SMILES string of the molecule is O=c1cc(Cc2ccccc2)cc2c(=O)n(-c3nnn[nH]3)nc-2[nH]1. The first-order valence-corrected chi connectivity index (χ1v) is 7.15. The van der Waals surface area contributed by atoms with Gasteiger partial charge < -0.3 is 4.98 Å². The average molecular weight is 321 g/mol. The number of aromatic nitrogens is 7. The highest BCUT2D eigenvalue weighted by Gasteiger charge is 2.18. The van der Waals surface area contributed by atoms with Crippen LogP contribution in [0.15, 0.2) is 52.1 Å². The summed E-state index contributed by atoms with van der Waals surface area (Å²) in [4.78, 5) is 27.2. The van der Waals surface area contributed by atoms with Gasteiger partial charge in [0.05, 0.1) is 5.56 Å². The van der Waals surface area contributed by atoms with Crippen LogP contribution in [-0.4, -0.2) is 35.4 Å². The van der Waals surface area contributed by atoms with Crippen LogP contribution in [0.4, 0.5) is 0 Å². The van der Waals surface area contributed by atoms with E-state index in [9.17, 15) is 9.59 Å². The predicted octanol–water partition coefficient (Wildman–Crippen LogP) is 0.129. The Balaban J connectivity index is 1.87. The number of fused-ring (bicyclic) bond motifs is 1. The van der Waals surface area contributed by atoms with Gasteiger partial charge in [-0.2, -0.15) is 4.68 Å². The molecule has 0 bridgehead atoms. The second-order valence-electron chi connectivity index (χ2n) is 5.22. The lowest BCUT2D eigenvalue weighted by atomic mass is 10.1. The van der Waals surface area contributed by atoms with Gasteiger partial charge in [-0.05, 0) is 34.0 Å². The quantitative estimate of drug-likeness (QED) is 0.553. The van der Waals surface area contributed by atoms with E-state index in [0.717, 1.165) is 10.2 Å². The standard InChI is InChI=1S/C15H11N7O2/c23-12-8-10(6-9-4-2-1-3-5-9)7-11-13(16-12)19-22(14(11)24)15-17-20-21-18-15/h1-5,7-8H,6H2,(H,16,19,23)(H,17,18,20,21). The van der Waals surface area contributed by atoms with Crippen LogP contribution < -0.4 is 11.1 Å². The molecule has 24 heavy (non-hydrogen) atoms. The molecule has 0 aliphatic carbocycles. The van der Waals surface area contributed by atoms with Crippen LogP contribution in [0.2, 0.25) is 0 Å². The maximum atomic E-state index is 12.5. The molecule has 118 valence electrons. The Labute approximate surface area is 134 Å². The minimum atomic E-state index is -0.412. The van der Waals surface area contributed by atoms with Crippen molar-refractivity contribution in [2.45, 2.75) is 6.42 Å². The predicted molar refractivity (Wildman–Crippen MR) is 84.1 cm³/mol. The normalized spacial score (nSPS) is 11.0. The highest BCUT2D eigenvalue weighted by molar-refractivity contribution is 5.56. The van der Waals surface area contributed by atoms with Crippen molar-refractivity contribution in [3.8, 4) is 17.3 Å². The molecular weight excluding hydrogens is 310 g/mol. The summed E-state index contributed by atoms with van der Waals surface area (Å²) in [6.45, 7) is 0. The molecule has 2 N–H and O–H groups in total. The van der Waals surface area contributed by atoms with Crippen LogP contribution in [0.1, 0.15) is 11.1 Å². The molecule has 0 radical (unpaired) electrons. The molecule has 4 rings (SSSR count). The summed E-state index contributed by atoms with van der Waals surface area (Å²) in [7, 11) is 0. The summed E-state index contributed by atoms with van der Waals surface area (Å²) in [5.74, 6) is 0.269. The highest BCUT2D eigenvalue weighted by atomic mass is 16.1. The maximum Gasteiger partial charge on any atom is 0.285 e. The van der Waals surface area contributed by atoms with Crippen LogP contribution in [0, 0.1) is 0 Å². The van der Waals surface area contributed by atoms with Crippen LogP contribution >= 0.6 is 0 Å². The molecule has 0 saturated carbocycles. The molecule has 0 saturated heterocycles. The second kappa shape index (κ2) is 5.54. The average Bonchev–Trinajstić information content (AvgIpc) is 3.15. The first-order chi connectivity index (χ1) is 11.7. The van der Waals surface area contributed by atoms with Crippen molar-refractivity contribution in [2.24, 2.45) is 0 Å².